The monoisotopic (exact) mass is 370 g/mol. The van der Waals surface area contributed by atoms with Crippen molar-refractivity contribution in [2.24, 2.45) is 0 Å². The SMILES string of the molecule is O=C(Cc1ccccc1F)N1CCN(Cc2ccc3c(c2)OCCO3)CC1. The van der Waals surface area contributed by atoms with Crippen LogP contribution in [0.1, 0.15) is 11.1 Å². The second-order valence-corrected chi connectivity index (χ2v) is 6.90. The van der Waals surface area contributed by atoms with Crippen molar-refractivity contribution in [3.8, 4) is 11.5 Å². The lowest BCUT2D eigenvalue weighted by Gasteiger charge is -2.35. The van der Waals surface area contributed by atoms with Crippen LogP contribution in [0.2, 0.25) is 0 Å². The van der Waals surface area contributed by atoms with Crippen molar-refractivity contribution in [1.29, 1.82) is 0 Å². The summed E-state index contributed by atoms with van der Waals surface area (Å²) < 4.78 is 24.9. The zero-order valence-electron chi connectivity index (χ0n) is 15.2. The Balaban J connectivity index is 1.30. The van der Waals surface area contributed by atoms with E-state index in [0.29, 0.717) is 31.9 Å². The highest BCUT2D eigenvalue weighted by molar-refractivity contribution is 5.79. The van der Waals surface area contributed by atoms with E-state index in [1.807, 2.05) is 17.0 Å². The summed E-state index contributed by atoms with van der Waals surface area (Å²) in [6.45, 7) is 4.92. The fraction of sp³-hybridized carbons (Fsp3) is 0.381. The van der Waals surface area contributed by atoms with Crippen LogP contribution in [0.15, 0.2) is 42.5 Å². The van der Waals surface area contributed by atoms with Crippen LogP contribution >= 0.6 is 0 Å². The number of carbonyl (C=O) groups is 1. The number of halogens is 1. The molecule has 0 spiro atoms. The predicted octanol–water partition coefficient (Wildman–Crippen LogP) is 2.48. The largest absolute Gasteiger partial charge is 0.486 e. The first-order valence-electron chi connectivity index (χ1n) is 9.31. The minimum absolute atomic E-state index is 0.0147. The molecule has 2 aliphatic heterocycles. The molecule has 5 nitrogen and oxygen atoms in total. The van der Waals surface area contributed by atoms with Crippen molar-refractivity contribution in [3.05, 3.63) is 59.4 Å². The van der Waals surface area contributed by atoms with Crippen molar-refractivity contribution in [1.82, 2.24) is 9.80 Å². The summed E-state index contributed by atoms with van der Waals surface area (Å²) in [5, 5.41) is 0. The van der Waals surface area contributed by atoms with Crippen LogP contribution in [0.25, 0.3) is 0 Å². The fourth-order valence-corrected chi connectivity index (χ4v) is 3.52. The quantitative estimate of drug-likeness (QED) is 0.829. The van der Waals surface area contributed by atoms with E-state index >= 15 is 0 Å². The Labute approximate surface area is 158 Å². The molecular weight excluding hydrogens is 347 g/mol. The van der Waals surface area contributed by atoms with E-state index in [1.165, 1.54) is 11.6 Å². The number of amides is 1. The van der Waals surface area contributed by atoms with Crippen LogP contribution < -0.4 is 9.47 Å². The van der Waals surface area contributed by atoms with Gasteiger partial charge in [0, 0.05) is 32.7 Å². The minimum atomic E-state index is -0.317. The summed E-state index contributed by atoms with van der Waals surface area (Å²) in [6, 6.07) is 12.5. The number of piperazine rings is 1. The molecule has 2 aromatic rings. The number of nitrogens with zero attached hydrogens (tertiary/aromatic N) is 2. The third kappa shape index (κ3) is 4.22. The first-order valence-corrected chi connectivity index (χ1v) is 9.31. The molecule has 0 saturated carbocycles. The van der Waals surface area contributed by atoms with Gasteiger partial charge in [-0.25, -0.2) is 4.39 Å². The van der Waals surface area contributed by atoms with E-state index in [2.05, 4.69) is 11.0 Å². The molecule has 0 aliphatic carbocycles. The maximum absolute atomic E-state index is 13.7. The van der Waals surface area contributed by atoms with Crippen LogP contribution in [0.5, 0.6) is 11.5 Å². The molecule has 2 heterocycles. The molecule has 142 valence electrons. The highest BCUT2D eigenvalue weighted by Gasteiger charge is 2.22. The van der Waals surface area contributed by atoms with Gasteiger partial charge in [-0.1, -0.05) is 24.3 Å². The highest BCUT2D eigenvalue weighted by atomic mass is 19.1. The average Bonchev–Trinajstić information content (AvgIpc) is 2.70. The van der Waals surface area contributed by atoms with E-state index in [-0.39, 0.29) is 18.1 Å². The Morgan fingerprint density at radius 2 is 1.70 bits per heavy atom. The summed E-state index contributed by atoms with van der Waals surface area (Å²) in [6.07, 6.45) is 0.120. The molecule has 27 heavy (non-hydrogen) atoms. The number of rotatable bonds is 4. The average molecular weight is 370 g/mol. The van der Waals surface area contributed by atoms with Gasteiger partial charge < -0.3 is 14.4 Å². The zero-order valence-corrected chi connectivity index (χ0v) is 15.2. The molecule has 1 amide bonds. The van der Waals surface area contributed by atoms with Gasteiger partial charge in [0.25, 0.3) is 0 Å². The van der Waals surface area contributed by atoms with Crippen LogP contribution in [0, 0.1) is 5.82 Å². The zero-order chi connectivity index (χ0) is 18.6. The van der Waals surface area contributed by atoms with E-state index in [4.69, 9.17) is 9.47 Å². The van der Waals surface area contributed by atoms with Crippen molar-refractivity contribution in [3.63, 3.8) is 0 Å². The van der Waals surface area contributed by atoms with E-state index in [9.17, 15) is 9.18 Å². The van der Waals surface area contributed by atoms with Gasteiger partial charge in [0.05, 0.1) is 6.42 Å². The Morgan fingerprint density at radius 3 is 2.48 bits per heavy atom. The molecule has 0 radical (unpaired) electrons. The van der Waals surface area contributed by atoms with Gasteiger partial charge in [-0.3, -0.25) is 9.69 Å². The van der Waals surface area contributed by atoms with Crippen LogP contribution in [-0.2, 0) is 17.8 Å². The number of ether oxygens (including phenoxy) is 2. The van der Waals surface area contributed by atoms with Crippen LogP contribution in [-0.4, -0.2) is 55.1 Å². The molecule has 2 aromatic carbocycles. The minimum Gasteiger partial charge on any atom is -0.486 e. The van der Waals surface area contributed by atoms with E-state index in [0.717, 1.165) is 31.1 Å². The first kappa shape index (κ1) is 17.8. The van der Waals surface area contributed by atoms with Gasteiger partial charge in [0.1, 0.15) is 19.0 Å². The molecule has 1 fully saturated rings. The first-order chi connectivity index (χ1) is 13.2. The van der Waals surface area contributed by atoms with Gasteiger partial charge in [-0.15, -0.1) is 0 Å². The van der Waals surface area contributed by atoms with Gasteiger partial charge in [0.2, 0.25) is 5.91 Å². The van der Waals surface area contributed by atoms with E-state index < -0.39 is 0 Å². The summed E-state index contributed by atoms with van der Waals surface area (Å²) in [5.74, 6) is 1.27. The van der Waals surface area contributed by atoms with Crippen molar-refractivity contribution in [2.45, 2.75) is 13.0 Å². The Kier molecular flexibility index (Phi) is 5.25. The normalized spacial score (nSPS) is 17.0. The smallest absolute Gasteiger partial charge is 0.227 e. The van der Waals surface area contributed by atoms with Crippen LogP contribution in [0.4, 0.5) is 4.39 Å². The molecule has 0 atom stereocenters. The molecule has 0 unspecified atom stereocenters. The molecule has 2 aliphatic rings. The van der Waals surface area contributed by atoms with Gasteiger partial charge in [-0.2, -0.15) is 0 Å². The standard InChI is InChI=1S/C21H23FN2O3/c22-18-4-2-1-3-17(18)14-21(25)24-9-7-23(8-10-24)15-16-5-6-19-20(13-16)27-12-11-26-19/h1-6,13H,7-12,14-15H2. The summed E-state index contributed by atoms with van der Waals surface area (Å²) in [4.78, 5) is 16.6. The number of benzene rings is 2. The Bertz CT molecular complexity index is 819. The maximum atomic E-state index is 13.7. The molecule has 0 bridgehead atoms. The number of carbonyl (C=O) groups excluding carboxylic acids is 1. The lowest BCUT2D eigenvalue weighted by molar-refractivity contribution is -0.132. The van der Waals surface area contributed by atoms with Crippen molar-refractivity contribution in [2.75, 3.05) is 39.4 Å². The molecule has 0 aromatic heterocycles. The fourth-order valence-electron chi connectivity index (χ4n) is 3.52. The molecule has 6 heteroatoms. The lowest BCUT2D eigenvalue weighted by atomic mass is 10.1. The molecule has 1 saturated heterocycles. The molecule has 0 N–H and O–H groups in total. The highest BCUT2D eigenvalue weighted by Crippen LogP contribution is 2.31. The second-order valence-electron chi connectivity index (χ2n) is 6.90. The van der Waals surface area contributed by atoms with Gasteiger partial charge in [-0.05, 0) is 29.3 Å². The number of fused-ring (bicyclic) bond motifs is 1. The van der Waals surface area contributed by atoms with Crippen molar-refractivity contribution >= 4 is 5.91 Å². The Morgan fingerprint density at radius 1 is 0.963 bits per heavy atom. The van der Waals surface area contributed by atoms with Gasteiger partial charge in [0.15, 0.2) is 11.5 Å². The third-order valence-electron chi connectivity index (χ3n) is 5.04. The topological polar surface area (TPSA) is 42.0 Å². The number of hydrogen-bond donors (Lipinski definition) is 0. The van der Waals surface area contributed by atoms with E-state index in [1.54, 1.807) is 18.2 Å². The van der Waals surface area contributed by atoms with Crippen LogP contribution in [0.3, 0.4) is 0 Å². The van der Waals surface area contributed by atoms with Gasteiger partial charge >= 0.3 is 0 Å². The third-order valence-corrected chi connectivity index (χ3v) is 5.04. The Hall–Kier alpha value is -2.60. The predicted molar refractivity (Wildman–Crippen MR) is 99.4 cm³/mol. The van der Waals surface area contributed by atoms with Crippen molar-refractivity contribution < 1.29 is 18.7 Å². The summed E-state index contributed by atoms with van der Waals surface area (Å²) in [7, 11) is 0. The summed E-state index contributed by atoms with van der Waals surface area (Å²) >= 11 is 0. The second kappa shape index (κ2) is 7.96. The maximum Gasteiger partial charge on any atom is 0.227 e. The number of hydrogen-bond acceptors (Lipinski definition) is 4. The summed E-state index contributed by atoms with van der Waals surface area (Å²) in [5.41, 5.74) is 1.63. The molecule has 4 rings (SSSR count). The lowest BCUT2D eigenvalue weighted by Crippen LogP contribution is -2.48. The molecular formula is C21H23FN2O3.